The first kappa shape index (κ1) is 21.9. The van der Waals surface area contributed by atoms with Crippen molar-refractivity contribution in [3.8, 4) is 17.2 Å². The predicted octanol–water partition coefficient (Wildman–Crippen LogP) is 5.00. The number of carbonyl (C=O) groups excluding carboxylic acids is 2. The second-order valence-corrected chi connectivity index (χ2v) is 7.22. The van der Waals surface area contributed by atoms with E-state index in [0.717, 1.165) is 16.9 Å². The summed E-state index contributed by atoms with van der Waals surface area (Å²) in [6.45, 7) is 3.45. The van der Waals surface area contributed by atoms with E-state index >= 15 is 0 Å². The molecule has 2 N–H and O–H groups in total. The molecule has 0 aliphatic carbocycles. The van der Waals surface area contributed by atoms with Crippen molar-refractivity contribution >= 4 is 17.5 Å². The highest BCUT2D eigenvalue weighted by molar-refractivity contribution is 5.91. The van der Waals surface area contributed by atoms with Crippen LogP contribution in [-0.2, 0) is 9.59 Å². The minimum Gasteiger partial charge on any atom is -0.497 e. The zero-order chi connectivity index (χ0) is 22.2. The SMILES string of the molecule is COc1ccc(C(CC(=O)Nc2ccc(Oc3ccc(C)cc3)cc2)NC(C)=O)cc1. The van der Waals surface area contributed by atoms with Gasteiger partial charge >= 0.3 is 0 Å². The largest absolute Gasteiger partial charge is 0.497 e. The van der Waals surface area contributed by atoms with E-state index in [1.54, 1.807) is 43.5 Å². The molecular weight excluding hydrogens is 392 g/mol. The topological polar surface area (TPSA) is 76.7 Å². The third-order valence-corrected chi connectivity index (χ3v) is 4.68. The van der Waals surface area contributed by atoms with E-state index in [-0.39, 0.29) is 18.2 Å². The normalized spacial score (nSPS) is 11.3. The van der Waals surface area contributed by atoms with Crippen LogP contribution in [0.15, 0.2) is 72.8 Å². The Labute approximate surface area is 182 Å². The maximum absolute atomic E-state index is 12.6. The lowest BCUT2D eigenvalue weighted by atomic mass is 10.0. The highest BCUT2D eigenvalue weighted by atomic mass is 16.5. The molecule has 6 heteroatoms. The van der Waals surface area contributed by atoms with Gasteiger partial charge in [0.15, 0.2) is 0 Å². The number of methoxy groups -OCH3 is 1. The standard InChI is InChI=1S/C25H26N2O4/c1-17-4-10-22(11-5-17)31-23-14-8-20(9-15-23)27-25(29)16-24(26-18(2)28)19-6-12-21(30-3)13-7-19/h4-15,24H,16H2,1-3H3,(H,26,28)(H,27,29). The zero-order valence-electron chi connectivity index (χ0n) is 17.8. The number of aryl methyl sites for hydroxylation is 1. The van der Waals surface area contributed by atoms with Crippen molar-refractivity contribution in [1.29, 1.82) is 0 Å². The number of amides is 2. The van der Waals surface area contributed by atoms with Crippen LogP contribution >= 0.6 is 0 Å². The smallest absolute Gasteiger partial charge is 0.226 e. The summed E-state index contributed by atoms with van der Waals surface area (Å²) in [7, 11) is 1.59. The second kappa shape index (κ2) is 10.3. The quantitative estimate of drug-likeness (QED) is 0.540. The molecule has 31 heavy (non-hydrogen) atoms. The van der Waals surface area contributed by atoms with Crippen molar-refractivity contribution in [2.24, 2.45) is 0 Å². The van der Waals surface area contributed by atoms with Gasteiger partial charge in [0.25, 0.3) is 0 Å². The number of carbonyl (C=O) groups is 2. The molecule has 160 valence electrons. The molecule has 3 aromatic rings. The molecule has 1 unspecified atom stereocenters. The summed E-state index contributed by atoms with van der Waals surface area (Å²) in [5, 5.41) is 5.70. The molecular formula is C25H26N2O4. The Kier molecular flexibility index (Phi) is 7.27. The van der Waals surface area contributed by atoms with Gasteiger partial charge in [-0.3, -0.25) is 9.59 Å². The lowest BCUT2D eigenvalue weighted by molar-refractivity contribution is -0.120. The van der Waals surface area contributed by atoms with Crippen LogP contribution in [0.2, 0.25) is 0 Å². The average molecular weight is 418 g/mol. The molecule has 0 radical (unpaired) electrons. The Bertz CT molecular complexity index is 1010. The number of anilines is 1. The van der Waals surface area contributed by atoms with Crippen LogP contribution in [-0.4, -0.2) is 18.9 Å². The van der Waals surface area contributed by atoms with Gasteiger partial charge in [0.2, 0.25) is 11.8 Å². The Balaban J connectivity index is 1.61. The fraction of sp³-hybridized carbons (Fsp3) is 0.200. The Morgan fingerprint density at radius 3 is 1.94 bits per heavy atom. The second-order valence-electron chi connectivity index (χ2n) is 7.22. The van der Waals surface area contributed by atoms with Crippen LogP contribution < -0.4 is 20.1 Å². The van der Waals surface area contributed by atoms with Crippen LogP contribution in [0.25, 0.3) is 0 Å². The van der Waals surface area contributed by atoms with Gasteiger partial charge in [-0.2, -0.15) is 0 Å². The Morgan fingerprint density at radius 1 is 0.839 bits per heavy atom. The lowest BCUT2D eigenvalue weighted by Gasteiger charge is -2.18. The number of ether oxygens (including phenoxy) is 2. The Morgan fingerprint density at radius 2 is 1.39 bits per heavy atom. The van der Waals surface area contributed by atoms with Gasteiger partial charge in [0.1, 0.15) is 17.2 Å². The van der Waals surface area contributed by atoms with Gasteiger partial charge in [-0.1, -0.05) is 29.8 Å². The first-order valence-electron chi connectivity index (χ1n) is 9.98. The molecule has 0 aliphatic rings. The molecule has 0 saturated heterocycles. The molecule has 0 bridgehead atoms. The van der Waals surface area contributed by atoms with E-state index in [9.17, 15) is 9.59 Å². The summed E-state index contributed by atoms with van der Waals surface area (Å²) >= 11 is 0. The van der Waals surface area contributed by atoms with E-state index < -0.39 is 6.04 Å². The highest BCUT2D eigenvalue weighted by Gasteiger charge is 2.17. The summed E-state index contributed by atoms with van der Waals surface area (Å²) in [6.07, 6.45) is 0.105. The van der Waals surface area contributed by atoms with E-state index in [1.807, 2.05) is 43.3 Å². The van der Waals surface area contributed by atoms with Crippen molar-refractivity contribution in [2.75, 3.05) is 12.4 Å². The summed E-state index contributed by atoms with van der Waals surface area (Å²) in [5.74, 6) is 1.73. The summed E-state index contributed by atoms with van der Waals surface area (Å²) in [6, 6.07) is 21.8. The van der Waals surface area contributed by atoms with Gasteiger partial charge in [0, 0.05) is 12.6 Å². The predicted molar refractivity (Wildman–Crippen MR) is 120 cm³/mol. The van der Waals surface area contributed by atoms with Crippen LogP contribution in [0, 0.1) is 6.92 Å². The van der Waals surface area contributed by atoms with Gasteiger partial charge in [-0.05, 0) is 61.0 Å². The van der Waals surface area contributed by atoms with Crippen molar-refractivity contribution in [1.82, 2.24) is 5.32 Å². The molecule has 2 amide bonds. The van der Waals surface area contributed by atoms with Crippen molar-refractivity contribution in [3.05, 3.63) is 83.9 Å². The van der Waals surface area contributed by atoms with E-state index in [2.05, 4.69) is 10.6 Å². The molecule has 3 aromatic carbocycles. The zero-order valence-corrected chi connectivity index (χ0v) is 17.8. The summed E-state index contributed by atoms with van der Waals surface area (Å²) in [4.78, 5) is 24.2. The van der Waals surface area contributed by atoms with Crippen LogP contribution in [0.3, 0.4) is 0 Å². The van der Waals surface area contributed by atoms with Crippen molar-refractivity contribution in [3.63, 3.8) is 0 Å². The van der Waals surface area contributed by atoms with Crippen molar-refractivity contribution in [2.45, 2.75) is 26.3 Å². The third-order valence-electron chi connectivity index (χ3n) is 4.68. The van der Waals surface area contributed by atoms with Crippen LogP contribution in [0.1, 0.15) is 30.5 Å². The molecule has 1 atom stereocenters. The molecule has 0 saturated carbocycles. The van der Waals surface area contributed by atoms with Gasteiger partial charge < -0.3 is 20.1 Å². The molecule has 0 fully saturated rings. The third kappa shape index (κ3) is 6.60. The molecule has 6 nitrogen and oxygen atoms in total. The lowest BCUT2D eigenvalue weighted by Crippen LogP contribution is -2.29. The summed E-state index contributed by atoms with van der Waals surface area (Å²) < 4.78 is 11.0. The summed E-state index contributed by atoms with van der Waals surface area (Å²) in [5.41, 5.74) is 2.64. The Hall–Kier alpha value is -3.80. The minimum atomic E-state index is -0.437. The number of hydrogen-bond donors (Lipinski definition) is 2. The molecule has 0 aromatic heterocycles. The average Bonchev–Trinajstić information content (AvgIpc) is 2.76. The molecule has 0 spiro atoms. The van der Waals surface area contributed by atoms with E-state index in [0.29, 0.717) is 17.2 Å². The molecule has 0 heterocycles. The van der Waals surface area contributed by atoms with Gasteiger partial charge in [-0.25, -0.2) is 0 Å². The van der Waals surface area contributed by atoms with Crippen LogP contribution in [0.5, 0.6) is 17.2 Å². The number of benzene rings is 3. The van der Waals surface area contributed by atoms with Gasteiger partial charge in [-0.15, -0.1) is 0 Å². The molecule has 0 aliphatic heterocycles. The van der Waals surface area contributed by atoms with Gasteiger partial charge in [0.05, 0.1) is 19.6 Å². The monoisotopic (exact) mass is 418 g/mol. The minimum absolute atomic E-state index is 0.105. The van der Waals surface area contributed by atoms with E-state index in [1.165, 1.54) is 6.92 Å². The first-order valence-corrected chi connectivity index (χ1v) is 9.98. The number of rotatable bonds is 8. The molecule has 3 rings (SSSR count). The maximum atomic E-state index is 12.6. The fourth-order valence-corrected chi connectivity index (χ4v) is 3.08. The first-order chi connectivity index (χ1) is 14.9. The van der Waals surface area contributed by atoms with Crippen molar-refractivity contribution < 1.29 is 19.1 Å². The number of hydrogen-bond acceptors (Lipinski definition) is 4. The fourth-order valence-electron chi connectivity index (χ4n) is 3.08. The van der Waals surface area contributed by atoms with E-state index in [4.69, 9.17) is 9.47 Å². The number of nitrogens with one attached hydrogen (secondary N) is 2. The maximum Gasteiger partial charge on any atom is 0.226 e. The van der Waals surface area contributed by atoms with Crippen LogP contribution in [0.4, 0.5) is 5.69 Å². The highest BCUT2D eigenvalue weighted by Crippen LogP contribution is 2.24.